The number of allylic oxidation sites excluding steroid dienone is 1. The van der Waals surface area contributed by atoms with Gasteiger partial charge in [0.2, 0.25) is 5.91 Å². The van der Waals surface area contributed by atoms with Gasteiger partial charge in [-0.05, 0) is 26.2 Å². The Bertz CT molecular complexity index is 238. The highest BCUT2D eigenvalue weighted by atomic mass is 16.2. The largest absolute Gasteiger partial charge is 0.336 e. The van der Waals surface area contributed by atoms with E-state index in [0.717, 1.165) is 18.5 Å². The highest BCUT2D eigenvalue weighted by Crippen LogP contribution is 2.28. The predicted octanol–water partition coefficient (Wildman–Crippen LogP) is 2.11. The molecule has 0 unspecified atom stereocenters. The fourth-order valence-corrected chi connectivity index (χ4v) is 2.47. The Hall–Kier alpha value is -0.790. The van der Waals surface area contributed by atoms with Crippen LogP contribution >= 0.6 is 0 Å². The highest BCUT2D eigenvalue weighted by Gasteiger charge is 2.32. The van der Waals surface area contributed by atoms with Crippen LogP contribution in [0, 0.1) is 0 Å². The second-order valence-corrected chi connectivity index (χ2v) is 4.00. The Morgan fingerprint density at radius 1 is 1.38 bits per heavy atom. The predicted molar refractivity (Wildman–Crippen MR) is 52.3 cm³/mol. The molecule has 1 aliphatic heterocycles. The van der Waals surface area contributed by atoms with Crippen molar-refractivity contribution < 1.29 is 4.79 Å². The molecule has 0 bridgehead atoms. The molecular formula is C11H17NO. The van der Waals surface area contributed by atoms with Crippen LogP contribution in [-0.2, 0) is 4.79 Å². The molecule has 2 nitrogen and oxygen atoms in total. The van der Waals surface area contributed by atoms with Crippen LogP contribution in [0.2, 0.25) is 0 Å². The van der Waals surface area contributed by atoms with E-state index in [-0.39, 0.29) is 0 Å². The first kappa shape index (κ1) is 8.79. The average molecular weight is 179 g/mol. The molecule has 0 aromatic heterocycles. The van der Waals surface area contributed by atoms with Gasteiger partial charge in [-0.2, -0.15) is 0 Å². The molecule has 0 aromatic carbocycles. The first-order valence-corrected chi connectivity index (χ1v) is 5.29. The SMILES string of the molecule is C/C=C1\CCN(C2CCCC2)C1=O. The summed E-state index contributed by atoms with van der Waals surface area (Å²) in [5.41, 5.74) is 1.02. The molecule has 1 saturated heterocycles. The minimum atomic E-state index is 0.300. The summed E-state index contributed by atoms with van der Waals surface area (Å²) in [5, 5.41) is 0. The van der Waals surface area contributed by atoms with Crippen LogP contribution in [0.15, 0.2) is 11.6 Å². The van der Waals surface area contributed by atoms with Crippen LogP contribution in [0.3, 0.4) is 0 Å². The van der Waals surface area contributed by atoms with Crippen molar-refractivity contribution in [2.45, 2.75) is 45.1 Å². The summed E-state index contributed by atoms with van der Waals surface area (Å²) in [5.74, 6) is 0.300. The number of rotatable bonds is 1. The van der Waals surface area contributed by atoms with Gasteiger partial charge in [0.15, 0.2) is 0 Å². The lowest BCUT2D eigenvalue weighted by Gasteiger charge is -2.22. The summed E-state index contributed by atoms with van der Waals surface area (Å²) in [6, 6.07) is 0.560. The Labute approximate surface area is 79.6 Å². The van der Waals surface area contributed by atoms with Gasteiger partial charge in [-0.25, -0.2) is 0 Å². The average Bonchev–Trinajstić information content (AvgIpc) is 2.72. The Balaban J connectivity index is 2.05. The van der Waals surface area contributed by atoms with E-state index in [1.165, 1.54) is 25.7 Å². The monoisotopic (exact) mass is 179 g/mol. The Morgan fingerprint density at radius 3 is 2.62 bits per heavy atom. The lowest BCUT2D eigenvalue weighted by molar-refractivity contribution is -0.126. The van der Waals surface area contributed by atoms with Gasteiger partial charge in [-0.1, -0.05) is 18.9 Å². The first-order chi connectivity index (χ1) is 6.33. The molecule has 72 valence electrons. The van der Waals surface area contributed by atoms with Crippen molar-refractivity contribution in [3.05, 3.63) is 11.6 Å². The fourth-order valence-electron chi connectivity index (χ4n) is 2.47. The van der Waals surface area contributed by atoms with Crippen molar-refractivity contribution in [3.63, 3.8) is 0 Å². The molecule has 1 amide bonds. The first-order valence-electron chi connectivity index (χ1n) is 5.29. The van der Waals surface area contributed by atoms with Crippen LogP contribution < -0.4 is 0 Å². The van der Waals surface area contributed by atoms with E-state index >= 15 is 0 Å². The van der Waals surface area contributed by atoms with Crippen molar-refractivity contribution in [2.75, 3.05) is 6.54 Å². The lowest BCUT2D eigenvalue weighted by atomic mass is 10.2. The van der Waals surface area contributed by atoms with Gasteiger partial charge in [-0.3, -0.25) is 4.79 Å². The maximum absolute atomic E-state index is 11.8. The minimum absolute atomic E-state index is 0.300. The van der Waals surface area contributed by atoms with E-state index in [2.05, 4.69) is 4.90 Å². The number of amides is 1. The van der Waals surface area contributed by atoms with Crippen LogP contribution in [0.5, 0.6) is 0 Å². The van der Waals surface area contributed by atoms with Gasteiger partial charge in [0.05, 0.1) is 0 Å². The van der Waals surface area contributed by atoms with Crippen LogP contribution in [0.25, 0.3) is 0 Å². The van der Waals surface area contributed by atoms with Crippen molar-refractivity contribution >= 4 is 5.91 Å². The van der Waals surface area contributed by atoms with Crippen LogP contribution in [-0.4, -0.2) is 23.4 Å². The molecule has 1 aliphatic carbocycles. The van der Waals surface area contributed by atoms with Crippen molar-refractivity contribution in [3.8, 4) is 0 Å². The number of hydrogen-bond donors (Lipinski definition) is 0. The molecule has 2 fully saturated rings. The molecule has 13 heavy (non-hydrogen) atoms. The number of carbonyl (C=O) groups excluding carboxylic acids is 1. The fraction of sp³-hybridized carbons (Fsp3) is 0.727. The third-order valence-corrected chi connectivity index (χ3v) is 3.27. The molecule has 0 atom stereocenters. The normalized spacial score (nSPS) is 27.9. The van der Waals surface area contributed by atoms with E-state index < -0.39 is 0 Å². The second kappa shape index (κ2) is 3.52. The zero-order chi connectivity index (χ0) is 9.26. The smallest absolute Gasteiger partial charge is 0.249 e. The van der Waals surface area contributed by atoms with E-state index in [9.17, 15) is 4.79 Å². The molecule has 0 spiro atoms. The molecule has 0 N–H and O–H groups in total. The molecule has 0 radical (unpaired) electrons. The highest BCUT2D eigenvalue weighted by molar-refractivity contribution is 5.95. The van der Waals surface area contributed by atoms with Crippen LogP contribution in [0.4, 0.5) is 0 Å². The summed E-state index contributed by atoms with van der Waals surface area (Å²) in [7, 11) is 0. The van der Waals surface area contributed by atoms with Gasteiger partial charge in [0.25, 0.3) is 0 Å². The topological polar surface area (TPSA) is 20.3 Å². The molecule has 1 heterocycles. The number of nitrogens with zero attached hydrogens (tertiary/aromatic N) is 1. The third kappa shape index (κ3) is 1.50. The van der Waals surface area contributed by atoms with E-state index in [1.54, 1.807) is 0 Å². The minimum Gasteiger partial charge on any atom is -0.336 e. The lowest BCUT2D eigenvalue weighted by Crippen LogP contribution is -2.34. The molecule has 2 rings (SSSR count). The van der Waals surface area contributed by atoms with E-state index in [1.807, 2.05) is 13.0 Å². The van der Waals surface area contributed by atoms with Crippen molar-refractivity contribution in [1.82, 2.24) is 4.90 Å². The molecule has 0 aromatic rings. The zero-order valence-corrected chi connectivity index (χ0v) is 8.25. The van der Waals surface area contributed by atoms with E-state index in [4.69, 9.17) is 0 Å². The number of likely N-dealkylation sites (tertiary alicyclic amines) is 1. The summed E-state index contributed by atoms with van der Waals surface area (Å²) in [6.45, 7) is 2.93. The molecule has 2 heteroatoms. The van der Waals surface area contributed by atoms with Gasteiger partial charge in [0, 0.05) is 18.2 Å². The summed E-state index contributed by atoms with van der Waals surface area (Å²) in [6.07, 6.45) is 7.99. The van der Waals surface area contributed by atoms with Gasteiger partial charge < -0.3 is 4.90 Å². The second-order valence-electron chi connectivity index (χ2n) is 4.00. The summed E-state index contributed by atoms with van der Waals surface area (Å²) >= 11 is 0. The Kier molecular flexibility index (Phi) is 2.38. The summed E-state index contributed by atoms with van der Waals surface area (Å²) in [4.78, 5) is 13.9. The molecule has 2 aliphatic rings. The quantitative estimate of drug-likeness (QED) is 0.564. The van der Waals surface area contributed by atoms with Gasteiger partial charge >= 0.3 is 0 Å². The standard InChI is InChI=1S/C11H17NO/c1-2-9-7-8-12(11(9)13)10-5-3-4-6-10/h2,10H,3-8H2,1H3/b9-2+. The van der Waals surface area contributed by atoms with Crippen LogP contribution in [0.1, 0.15) is 39.0 Å². The van der Waals surface area contributed by atoms with Gasteiger partial charge in [-0.15, -0.1) is 0 Å². The van der Waals surface area contributed by atoms with E-state index in [0.29, 0.717) is 11.9 Å². The number of hydrogen-bond acceptors (Lipinski definition) is 1. The maximum atomic E-state index is 11.8. The van der Waals surface area contributed by atoms with Crippen molar-refractivity contribution in [2.24, 2.45) is 0 Å². The molecule has 1 saturated carbocycles. The van der Waals surface area contributed by atoms with Gasteiger partial charge in [0.1, 0.15) is 0 Å². The zero-order valence-electron chi connectivity index (χ0n) is 8.25. The number of carbonyl (C=O) groups is 1. The maximum Gasteiger partial charge on any atom is 0.249 e. The van der Waals surface area contributed by atoms with Crippen molar-refractivity contribution in [1.29, 1.82) is 0 Å². The summed E-state index contributed by atoms with van der Waals surface area (Å²) < 4.78 is 0. The molecular weight excluding hydrogens is 162 g/mol. The Morgan fingerprint density at radius 2 is 2.08 bits per heavy atom. The third-order valence-electron chi connectivity index (χ3n) is 3.27.